The van der Waals surface area contributed by atoms with Crippen molar-refractivity contribution in [1.29, 1.82) is 0 Å². The first kappa shape index (κ1) is 15.0. The van der Waals surface area contributed by atoms with Crippen LogP contribution in [0.5, 0.6) is 0 Å². The van der Waals surface area contributed by atoms with Crippen LogP contribution in [0.1, 0.15) is 13.8 Å². The van der Waals surface area contributed by atoms with Crippen LogP contribution < -0.4 is 0 Å². The first-order valence-electron chi connectivity index (χ1n) is 5.05. The third-order valence-corrected chi connectivity index (χ3v) is 3.88. The molecule has 5 nitrogen and oxygen atoms in total. The second-order valence-corrected chi connectivity index (χ2v) is 5.52. The first-order valence-corrected chi connectivity index (χ1v) is 6.46. The van der Waals surface area contributed by atoms with E-state index in [0.717, 1.165) is 0 Å². The first-order chi connectivity index (χ1) is 6.88. The highest BCUT2D eigenvalue weighted by atomic mass is 28.3. The minimum Gasteiger partial charge on any atom is -0.379 e. The smallest absolute Gasteiger partial charge is 0.379 e. The summed E-state index contributed by atoms with van der Waals surface area (Å²) in [5, 5.41) is 0. The number of hydrogen-bond donors (Lipinski definition) is 0. The van der Waals surface area contributed by atoms with Gasteiger partial charge in [0.1, 0.15) is 12.5 Å². The standard InChI is InChI=1S/C9H24N2O3Si/c1-8(10(3)4)13-15(12-7)14-9(2)11(5)6/h8-9,15H,1-7H3. The van der Waals surface area contributed by atoms with Crippen LogP contribution in [0.3, 0.4) is 0 Å². The molecule has 0 saturated heterocycles. The third-order valence-electron chi connectivity index (χ3n) is 2.26. The second-order valence-electron chi connectivity index (χ2n) is 3.92. The second kappa shape index (κ2) is 7.32. The lowest BCUT2D eigenvalue weighted by Crippen LogP contribution is -2.41. The van der Waals surface area contributed by atoms with Crippen LogP contribution >= 0.6 is 0 Å². The van der Waals surface area contributed by atoms with Gasteiger partial charge in [-0.15, -0.1) is 0 Å². The van der Waals surface area contributed by atoms with Crippen molar-refractivity contribution in [2.75, 3.05) is 35.3 Å². The maximum atomic E-state index is 5.68. The Morgan fingerprint density at radius 3 is 1.40 bits per heavy atom. The molecule has 0 aromatic carbocycles. The van der Waals surface area contributed by atoms with Gasteiger partial charge < -0.3 is 13.3 Å². The minimum absolute atomic E-state index is 0.0102. The SMILES string of the molecule is CO[SiH](OC(C)N(C)C)OC(C)N(C)C. The number of hydrogen-bond acceptors (Lipinski definition) is 5. The summed E-state index contributed by atoms with van der Waals surface area (Å²) in [6, 6.07) is 0. The highest BCUT2D eigenvalue weighted by molar-refractivity contribution is 6.36. The average Bonchev–Trinajstić information content (AvgIpc) is 2.15. The van der Waals surface area contributed by atoms with Gasteiger partial charge in [0.2, 0.25) is 0 Å². The summed E-state index contributed by atoms with van der Waals surface area (Å²) in [7, 11) is 7.44. The zero-order valence-electron chi connectivity index (χ0n) is 10.9. The predicted molar refractivity (Wildman–Crippen MR) is 62.6 cm³/mol. The van der Waals surface area contributed by atoms with Gasteiger partial charge in [0.25, 0.3) is 0 Å². The largest absolute Gasteiger partial charge is 0.486 e. The van der Waals surface area contributed by atoms with Gasteiger partial charge in [0.05, 0.1) is 0 Å². The molecular formula is C9H24N2O3Si. The Bertz CT molecular complexity index is 153. The van der Waals surface area contributed by atoms with Crippen molar-refractivity contribution >= 4 is 9.53 Å². The molecule has 0 fully saturated rings. The van der Waals surface area contributed by atoms with Gasteiger partial charge in [-0.2, -0.15) is 0 Å². The summed E-state index contributed by atoms with van der Waals surface area (Å²) in [6.07, 6.45) is 0.0203. The Morgan fingerprint density at radius 1 is 0.867 bits per heavy atom. The van der Waals surface area contributed by atoms with Gasteiger partial charge in [0, 0.05) is 7.11 Å². The highest BCUT2D eigenvalue weighted by Gasteiger charge is 2.22. The van der Waals surface area contributed by atoms with Crippen LogP contribution in [-0.4, -0.2) is 67.1 Å². The molecule has 0 amide bonds. The van der Waals surface area contributed by atoms with E-state index in [1.54, 1.807) is 7.11 Å². The lowest BCUT2D eigenvalue weighted by Gasteiger charge is -2.28. The molecule has 2 atom stereocenters. The van der Waals surface area contributed by atoms with Gasteiger partial charge in [-0.05, 0) is 42.0 Å². The van der Waals surface area contributed by atoms with Crippen LogP contribution in [0.15, 0.2) is 0 Å². The molecule has 0 aromatic rings. The van der Waals surface area contributed by atoms with Gasteiger partial charge in [-0.3, -0.25) is 9.80 Å². The molecule has 0 bridgehead atoms. The van der Waals surface area contributed by atoms with E-state index in [9.17, 15) is 0 Å². The maximum Gasteiger partial charge on any atom is 0.486 e. The van der Waals surface area contributed by atoms with E-state index in [2.05, 4.69) is 0 Å². The molecule has 0 aliphatic carbocycles. The number of rotatable bonds is 7. The normalized spacial score (nSPS) is 18.2. The van der Waals surface area contributed by atoms with Gasteiger partial charge in [-0.25, -0.2) is 0 Å². The van der Waals surface area contributed by atoms with Crippen molar-refractivity contribution in [3.05, 3.63) is 0 Å². The fourth-order valence-corrected chi connectivity index (χ4v) is 2.12. The molecule has 0 radical (unpaired) electrons. The Morgan fingerprint density at radius 2 is 1.20 bits per heavy atom. The maximum absolute atomic E-state index is 5.68. The third kappa shape index (κ3) is 6.24. The molecule has 0 spiro atoms. The summed E-state index contributed by atoms with van der Waals surface area (Å²) in [6.45, 7) is 3.95. The van der Waals surface area contributed by atoms with Crippen LogP contribution in [0.25, 0.3) is 0 Å². The van der Waals surface area contributed by atoms with E-state index in [0.29, 0.717) is 0 Å². The molecule has 92 valence electrons. The molecule has 0 heterocycles. The number of nitrogens with zero attached hydrogens (tertiary/aromatic N) is 2. The summed E-state index contributed by atoms with van der Waals surface area (Å²) in [5.74, 6) is 0. The van der Waals surface area contributed by atoms with Crippen LogP contribution in [0.4, 0.5) is 0 Å². The van der Waals surface area contributed by atoms with Gasteiger partial charge in [0.15, 0.2) is 0 Å². The zero-order chi connectivity index (χ0) is 12.0. The monoisotopic (exact) mass is 236 g/mol. The molecular weight excluding hydrogens is 212 g/mol. The molecule has 0 saturated carbocycles. The molecule has 0 aromatic heterocycles. The van der Waals surface area contributed by atoms with Crippen molar-refractivity contribution in [1.82, 2.24) is 9.80 Å². The summed E-state index contributed by atoms with van der Waals surface area (Å²) >= 11 is 0. The van der Waals surface area contributed by atoms with E-state index >= 15 is 0 Å². The molecule has 2 unspecified atom stereocenters. The molecule has 0 aliphatic rings. The van der Waals surface area contributed by atoms with Crippen molar-refractivity contribution in [2.45, 2.75) is 26.3 Å². The highest BCUT2D eigenvalue weighted by Crippen LogP contribution is 2.04. The van der Waals surface area contributed by atoms with E-state index in [4.69, 9.17) is 13.3 Å². The Kier molecular flexibility index (Phi) is 7.32. The fourth-order valence-electron chi connectivity index (χ4n) is 0.708. The Balaban J connectivity index is 4.03. The molecule has 0 aliphatic heterocycles. The Labute approximate surface area is 94.9 Å². The van der Waals surface area contributed by atoms with Crippen molar-refractivity contribution in [3.63, 3.8) is 0 Å². The van der Waals surface area contributed by atoms with Crippen molar-refractivity contribution < 1.29 is 13.3 Å². The molecule has 0 rings (SSSR count). The average molecular weight is 236 g/mol. The summed E-state index contributed by atoms with van der Waals surface area (Å²) in [5.41, 5.74) is 0. The van der Waals surface area contributed by atoms with E-state index in [1.165, 1.54) is 0 Å². The van der Waals surface area contributed by atoms with Crippen LogP contribution in [0.2, 0.25) is 0 Å². The quantitative estimate of drug-likeness (QED) is 0.466. The summed E-state index contributed by atoms with van der Waals surface area (Å²) in [4.78, 5) is 3.95. The van der Waals surface area contributed by atoms with Gasteiger partial charge >= 0.3 is 9.53 Å². The summed E-state index contributed by atoms with van der Waals surface area (Å²) < 4.78 is 16.6. The van der Waals surface area contributed by atoms with Crippen LogP contribution in [0, 0.1) is 0 Å². The molecule has 6 heteroatoms. The predicted octanol–water partition coefficient (Wildman–Crippen LogP) is 0.198. The zero-order valence-corrected chi connectivity index (χ0v) is 12.0. The van der Waals surface area contributed by atoms with Crippen molar-refractivity contribution in [3.8, 4) is 0 Å². The lowest BCUT2D eigenvalue weighted by atomic mass is 10.6. The van der Waals surface area contributed by atoms with E-state index < -0.39 is 9.53 Å². The van der Waals surface area contributed by atoms with E-state index in [-0.39, 0.29) is 12.5 Å². The van der Waals surface area contributed by atoms with Gasteiger partial charge in [-0.1, -0.05) is 0 Å². The lowest BCUT2D eigenvalue weighted by molar-refractivity contribution is -0.0293. The van der Waals surface area contributed by atoms with Crippen LogP contribution in [-0.2, 0) is 13.3 Å². The molecule has 15 heavy (non-hydrogen) atoms. The fraction of sp³-hybridized carbons (Fsp3) is 1.00. The topological polar surface area (TPSA) is 34.2 Å². The minimum atomic E-state index is -2.02. The van der Waals surface area contributed by atoms with E-state index in [1.807, 2.05) is 51.8 Å². The molecule has 0 N–H and O–H groups in total. The Hall–Kier alpha value is 0.0169. The van der Waals surface area contributed by atoms with Crippen molar-refractivity contribution in [2.24, 2.45) is 0 Å².